The van der Waals surface area contributed by atoms with Crippen LogP contribution in [0.4, 0.5) is 0 Å². The lowest BCUT2D eigenvalue weighted by atomic mass is 10.3. The predicted molar refractivity (Wildman–Crippen MR) is 54.0 cm³/mol. The Balaban J connectivity index is 1.90. The summed E-state index contributed by atoms with van der Waals surface area (Å²) in [5.74, 6) is 2.05. The highest BCUT2D eigenvalue weighted by Crippen LogP contribution is 2.15. The van der Waals surface area contributed by atoms with Gasteiger partial charge in [0.1, 0.15) is 11.5 Å². The van der Waals surface area contributed by atoms with Crippen LogP contribution in [0.15, 0.2) is 16.5 Å². The topological polar surface area (TPSA) is 36.6 Å². The lowest BCUT2D eigenvalue weighted by molar-refractivity contribution is 0.171. The molecule has 0 radical (unpaired) electrons. The molecule has 78 valence electrons. The Bertz CT molecular complexity index is 295. The van der Waals surface area contributed by atoms with E-state index in [0.717, 1.165) is 44.0 Å². The van der Waals surface area contributed by atoms with E-state index < -0.39 is 0 Å². The molecular formula is C11H17NO2. The molecule has 0 amide bonds. The monoisotopic (exact) mass is 195 g/mol. The SMILES string of the molecule is CCc1ccc(CN2CC[C@@H](O)C2)o1. The highest BCUT2D eigenvalue weighted by molar-refractivity contribution is 5.07. The Kier molecular flexibility index (Phi) is 2.89. The van der Waals surface area contributed by atoms with E-state index in [2.05, 4.69) is 11.8 Å². The number of likely N-dealkylation sites (tertiary alicyclic amines) is 1. The summed E-state index contributed by atoms with van der Waals surface area (Å²) in [7, 11) is 0. The number of aryl methyl sites for hydroxylation is 1. The third kappa shape index (κ3) is 2.16. The van der Waals surface area contributed by atoms with Gasteiger partial charge in [-0.15, -0.1) is 0 Å². The summed E-state index contributed by atoms with van der Waals surface area (Å²) in [5, 5.41) is 9.36. The molecule has 1 aliphatic rings. The van der Waals surface area contributed by atoms with Crippen molar-refractivity contribution in [3.63, 3.8) is 0 Å². The molecule has 0 bridgehead atoms. The van der Waals surface area contributed by atoms with Crippen molar-refractivity contribution in [2.75, 3.05) is 13.1 Å². The first-order chi connectivity index (χ1) is 6.78. The van der Waals surface area contributed by atoms with Crippen LogP contribution in [-0.2, 0) is 13.0 Å². The molecule has 3 nitrogen and oxygen atoms in total. The Hall–Kier alpha value is -0.800. The third-order valence-electron chi connectivity index (χ3n) is 2.69. The van der Waals surface area contributed by atoms with Crippen molar-refractivity contribution in [2.45, 2.75) is 32.4 Å². The number of nitrogens with zero attached hydrogens (tertiary/aromatic N) is 1. The Morgan fingerprint density at radius 1 is 1.50 bits per heavy atom. The first-order valence-electron chi connectivity index (χ1n) is 5.26. The number of aliphatic hydroxyl groups excluding tert-OH is 1. The van der Waals surface area contributed by atoms with Crippen LogP contribution in [0.25, 0.3) is 0 Å². The number of hydrogen-bond donors (Lipinski definition) is 1. The highest BCUT2D eigenvalue weighted by Gasteiger charge is 2.20. The van der Waals surface area contributed by atoms with Crippen LogP contribution in [0.3, 0.4) is 0 Å². The lowest BCUT2D eigenvalue weighted by Crippen LogP contribution is -2.21. The molecule has 0 aliphatic carbocycles. The van der Waals surface area contributed by atoms with Gasteiger partial charge in [0.15, 0.2) is 0 Å². The molecule has 1 aromatic heterocycles. The van der Waals surface area contributed by atoms with Gasteiger partial charge in [-0.25, -0.2) is 0 Å². The minimum atomic E-state index is -0.143. The zero-order valence-corrected chi connectivity index (χ0v) is 8.57. The van der Waals surface area contributed by atoms with Gasteiger partial charge in [-0.1, -0.05) is 6.92 Å². The standard InChI is InChI=1S/C11H17NO2/c1-2-10-3-4-11(14-10)8-12-6-5-9(13)7-12/h3-4,9,13H,2,5-8H2,1H3/t9-/m1/s1. The summed E-state index contributed by atoms with van der Waals surface area (Å²) in [6.07, 6.45) is 1.69. The second kappa shape index (κ2) is 4.15. The summed E-state index contributed by atoms with van der Waals surface area (Å²) in [5.41, 5.74) is 0. The van der Waals surface area contributed by atoms with E-state index >= 15 is 0 Å². The maximum atomic E-state index is 9.36. The molecule has 1 N–H and O–H groups in total. The van der Waals surface area contributed by atoms with Crippen LogP contribution in [-0.4, -0.2) is 29.2 Å². The van der Waals surface area contributed by atoms with Crippen molar-refractivity contribution < 1.29 is 9.52 Å². The number of aliphatic hydroxyl groups is 1. The molecule has 0 aromatic carbocycles. The van der Waals surface area contributed by atoms with Crippen LogP contribution >= 0.6 is 0 Å². The van der Waals surface area contributed by atoms with E-state index in [9.17, 15) is 5.11 Å². The normalized spacial score (nSPS) is 23.1. The number of β-amino-alcohol motifs (C(OH)–C–C–N with tert-alkyl or cyclic N) is 1. The maximum Gasteiger partial charge on any atom is 0.118 e. The molecule has 2 heterocycles. The largest absolute Gasteiger partial charge is 0.465 e. The summed E-state index contributed by atoms with van der Waals surface area (Å²) in [6.45, 7) is 4.67. The number of furan rings is 1. The Morgan fingerprint density at radius 3 is 2.86 bits per heavy atom. The van der Waals surface area contributed by atoms with Crippen molar-refractivity contribution in [3.05, 3.63) is 23.7 Å². The molecule has 3 heteroatoms. The minimum absolute atomic E-state index is 0.143. The van der Waals surface area contributed by atoms with Gasteiger partial charge in [0.05, 0.1) is 12.6 Å². The third-order valence-corrected chi connectivity index (χ3v) is 2.69. The molecule has 1 aliphatic heterocycles. The van der Waals surface area contributed by atoms with Gasteiger partial charge in [-0.3, -0.25) is 4.90 Å². The Morgan fingerprint density at radius 2 is 2.29 bits per heavy atom. The van der Waals surface area contributed by atoms with Crippen molar-refractivity contribution >= 4 is 0 Å². The van der Waals surface area contributed by atoms with Crippen molar-refractivity contribution in [1.82, 2.24) is 4.90 Å². The fourth-order valence-electron chi connectivity index (χ4n) is 1.87. The first-order valence-corrected chi connectivity index (χ1v) is 5.26. The van der Waals surface area contributed by atoms with Gasteiger partial charge in [0.2, 0.25) is 0 Å². The van der Waals surface area contributed by atoms with Gasteiger partial charge in [0.25, 0.3) is 0 Å². The van der Waals surface area contributed by atoms with E-state index in [0.29, 0.717) is 0 Å². The summed E-state index contributed by atoms with van der Waals surface area (Å²) >= 11 is 0. The summed E-state index contributed by atoms with van der Waals surface area (Å²) in [6, 6.07) is 4.06. The maximum absolute atomic E-state index is 9.36. The van der Waals surface area contributed by atoms with Gasteiger partial charge in [-0.2, -0.15) is 0 Å². The minimum Gasteiger partial charge on any atom is -0.465 e. The van der Waals surface area contributed by atoms with Gasteiger partial charge in [0, 0.05) is 19.5 Å². The second-order valence-corrected chi connectivity index (χ2v) is 3.90. The number of hydrogen-bond acceptors (Lipinski definition) is 3. The molecule has 0 spiro atoms. The van der Waals surface area contributed by atoms with Gasteiger partial charge >= 0.3 is 0 Å². The molecule has 1 aromatic rings. The smallest absolute Gasteiger partial charge is 0.118 e. The van der Waals surface area contributed by atoms with E-state index in [-0.39, 0.29) is 6.10 Å². The number of rotatable bonds is 3. The first kappa shape index (κ1) is 9.74. The molecule has 1 atom stereocenters. The summed E-state index contributed by atoms with van der Waals surface area (Å²) in [4.78, 5) is 2.23. The molecule has 1 saturated heterocycles. The van der Waals surface area contributed by atoms with Crippen molar-refractivity contribution in [1.29, 1.82) is 0 Å². The fourth-order valence-corrected chi connectivity index (χ4v) is 1.87. The molecular weight excluding hydrogens is 178 g/mol. The quantitative estimate of drug-likeness (QED) is 0.792. The van der Waals surface area contributed by atoms with Gasteiger partial charge in [-0.05, 0) is 18.6 Å². The molecule has 1 fully saturated rings. The fraction of sp³-hybridized carbons (Fsp3) is 0.636. The molecule has 0 saturated carbocycles. The summed E-state index contributed by atoms with van der Waals surface area (Å²) < 4.78 is 5.61. The van der Waals surface area contributed by atoms with Crippen LogP contribution in [0.2, 0.25) is 0 Å². The Labute approximate surface area is 84.3 Å². The van der Waals surface area contributed by atoms with Gasteiger partial charge < -0.3 is 9.52 Å². The van der Waals surface area contributed by atoms with Crippen LogP contribution in [0.1, 0.15) is 24.9 Å². The predicted octanol–water partition coefficient (Wildman–Crippen LogP) is 1.41. The van der Waals surface area contributed by atoms with Crippen LogP contribution in [0, 0.1) is 0 Å². The van der Waals surface area contributed by atoms with E-state index in [4.69, 9.17) is 4.42 Å². The van der Waals surface area contributed by atoms with Crippen LogP contribution < -0.4 is 0 Å². The molecule has 14 heavy (non-hydrogen) atoms. The van der Waals surface area contributed by atoms with E-state index in [1.165, 1.54) is 0 Å². The van der Waals surface area contributed by atoms with E-state index in [1.807, 2.05) is 12.1 Å². The highest BCUT2D eigenvalue weighted by atomic mass is 16.3. The average molecular weight is 195 g/mol. The molecule has 2 rings (SSSR count). The van der Waals surface area contributed by atoms with E-state index in [1.54, 1.807) is 0 Å². The zero-order chi connectivity index (χ0) is 9.97. The average Bonchev–Trinajstić information content (AvgIpc) is 2.76. The van der Waals surface area contributed by atoms with Crippen LogP contribution in [0.5, 0.6) is 0 Å². The second-order valence-electron chi connectivity index (χ2n) is 3.90. The zero-order valence-electron chi connectivity index (χ0n) is 8.57. The van der Waals surface area contributed by atoms with Crippen molar-refractivity contribution in [3.8, 4) is 0 Å². The lowest BCUT2D eigenvalue weighted by Gasteiger charge is -2.12. The van der Waals surface area contributed by atoms with Crippen molar-refractivity contribution in [2.24, 2.45) is 0 Å². The molecule has 0 unspecified atom stereocenters.